The molecule has 0 aliphatic rings. The molecule has 0 amide bonds. The molecule has 2 aromatic carbocycles. The van der Waals surface area contributed by atoms with Crippen LogP contribution < -0.4 is 10.4 Å². The third kappa shape index (κ3) is 3.06. The highest BCUT2D eigenvalue weighted by Crippen LogP contribution is 2.25. The quantitative estimate of drug-likeness (QED) is 0.669. The standard InChI is InChI=1S/C22H34Si2/c1-15-11-17(3)21(18(4)12-15)23(7,8)24(9,10)22-19(5)13-16(2)14-20(22)6/h11-14H,1-10H3. The Bertz CT molecular complexity index is 669. The molecule has 0 N–H and O–H groups in total. The van der Waals surface area contributed by atoms with Gasteiger partial charge in [-0.2, -0.15) is 0 Å². The molecule has 0 aliphatic carbocycles. The van der Waals surface area contributed by atoms with Gasteiger partial charge in [0.25, 0.3) is 0 Å². The average Bonchev–Trinajstić information content (AvgIpc) is 2.34. The molecule has 0 bridgehead atoms. The fourth-order valence-corrected chi connectivity index (χ4v) is 16.6. The van der Waals surface area contributed by atoms with Crippen LogP contribution in [0.5, 0.6) is 0 Å². The Kier molecular flexibility index (Phi) is 5.05. The Labute approximate surface area is 151 Å². The second-order valence-corrected chi connectivity index (χ2v) is 23.8. The first kappa shape index (κ1) is 19.2. The zero-order valence-corrected chi connectivity index (χ0v) is 19.3. The molecule has 2 heteroatoms. The van der Waals surface area contributed by atoms with Crippen molar-refractivity contribution in [2.24, 2.45) is 0 Å². The number of hydrogen-bond donors (Lipinski definition) is 0. The van der Waals surface area contributed by atoms with Gasteiger partial charge in [-0.3, -0.25) is 0 Å². The molecule has 0 unspecified atom stereocenters. The largest absolute Gasteiger partial charge is 0.0798 e. The van der Waals surface area contributed by atoms with Crippen molar-refractivity contribution in [1.82, 2.24) is 0 Å². The predicted molar refractivity (Wildman–Crippen MR) is 116 cm³/mol. The number of rotatable bonds is 3. The molecule has 2 aromatic rings. The van der Waals surface area contributed by atoms with Crippen molar-refractivity contribution in [3.05, 3.63) is 57.6 Å². The number of hydrogen-bond acceptors (Lipinski definition) is 0. The summed E-state index contributed by atoms with van der Waals surface area (Å²) < 4.78 is 0. The molecule has 0 atom stereocenters. The Morgan fingerprint density at radius 1 is 0.458 bits per heavy atom. The van der Waals surface area contributed by atoms with E-state index in [-0.39, 0.29) is 0 Å². The Hall–Kier alpha value is -1.13. The minimum Gasteiger partial charge on any atom is -0.0671 e. The summed E-state index contributed by atoms with van der Waals surface area (Å²) in [5.74, 6) is 0. The summed E-state index contributed by atoms with van der Waals surface area (Å²) >= 11 is 0. The summed E-state index contributed by atoms with van der Waals surface area (Å²) in [7, 11) is -3.20. The number of benzene rings is 2. The van der Waals surface area contributed by atoms with Gasteiger partial charge in [0.2, 0.25) is 0 Å². The van der Waals surface area contributed by atoms with Crippen LogP contribution in [-0.2, 0) is 0 Å². The first-order valence-corrected chi connectivity index (χ1v) is 16.1. The average molecular weight is 355 g/mol. The third-order valence-corrected chi connectivity index (χ3v) is 24.2. The summed E-state index contributed by atoms with van der Waals surface area (Å²) in [6.45, 7) is 24.2. The molecule has 0 saturated carbocycles. The molecule has 0 fully saturated rings. The SMILES string of the molecule is Cc1cc(C)c([Si](C)(C)[Si](C)(C)c2c(C)cc(C)cc2C)c(C)c1. The maximum Gasteiger partial charge on any atom is 0.0798 e. The van der Waals surface area contributed by atoms with E-state index in [1.165, 1.54) is 33.4 Å². The third-order valence-electron chi connectivity index (χ3n) is 6.17. The normalized spacial score (nSPS) is 12.6. The van der Waals surface area contributed by atoms with Crippen LogP contribution in [0.25, 0.3) is 0 Å². The van der Waals surface area contributed by atoms with Crippen molar-refractivity contribution in [3.8, 4) is 0 Å². The van der Waals surface area contributed by atoms with Gasteiger partial charge in [-0.15, -0.1) is 0 Å². The molecule has 0 saturated heterocycles. The molecule has 130 valence electrons. The van der Waals surface area contributed by atoms with Crippen molar-refractivity contribution >= 4 is 25.6 Å². The second kappa shape index (κ2) is 6.31. The molecular formula is C22H34Si2. The lowest BCUT2D eigenvalue weighted by Gasteiger charge is -2.43. The Morgan fingerprint density at radius 3 is 0.875 bits per heavy atom. The van der Waals surface area contributed by atoms with Crippen LogP contribution in [0, 0.1) is 41.5 Å². The molecular weight excluding hydrogens is 320 g/mol. The summed E-state index contributed by atoms with van der Waals surface area (Å²) in [6, 6.07) is 9.54. The highest BCUT2D eigenvalue weighted by atomic mass is 29.3. The van der Waals surface area contributed by atoms with Crippen LogP contribution in [-0.4, -0.2) is 15.2 Å². The highest BCUT2D eigenvalue weighted by Gasteiger charge is 2.46. The van der Waals surface area contributed by atoms with Crippen LogP contribution >= 0.6 is 0 Å². The lowest BCUT2D eigenvalue weighted by atomic mass is 10.1. The van der Waals surface area contributed by atoms with E-state index in [2.05, 4.69) is 92.0 Å². The van der Waals surface area contributed by atoms with E-state index in [0.717, 1.165) is 0 Å². The summed E-state index contributed by atoms with van der Waals surface area (Å²) in [4.78, 5) is 0. The molecule has 0 aromatic heterocycles. The second-order valence-electron chi connectivity index (χ2n) is 8.80. The highest BCUT2D eigenvalue weighted by molar-refractivity contribution is 7.50. The van der Waals surface area contributed by atoms with Crippen LogP contribution in [0.1, 0.15) is 33.4 Å². The van der Waals surface area contributed by atoms with Gasteiger partial charge in [-0.1, -0.05) is 94.2 Å². The van der Waals surface area contributed by atoms with Gasteiger partial charge in [-0.25, -0.2) is 0 Å². The van der Waals surface area contributed by atoms with Crippen LogP contribution in [0.2, 0.25) is 26.2 Å². The minimum absolute atomic E-state index is 1.39. The summed E-state index contributed by atoms with van der Waals surface area (Å²) in [5, 5.41) is 3.40. The topological polar surface area (TPSA) is 0 Å². The lowest BCUT2D eigenvalue weighted by Crippen LogP contribution is -2.71. The van der Waals surface area contributed by atoms with E-state index in [1.54, 1.807) is 10.4 Å². The molecule has 0 nitrogen and oxygen atoms in total. The van der Waals surface area contributed by atoms with E-state index in [9.17, 15) is 0 Å². The summed E-state index contributed by atoms with van der Waals surface area (Å²) in [5.41, 5.74) is 8.81. The van der Waals surface area contributed by atoms with E-state index < -0.39 is 15.2 Å². The lowest BCUT2D eigenvalue weighted by molar-refractivity contribution is 1.34. The maximum absolute atomic E-state index is 2.61. The Balaban J connectivity index is 2.73. The van der Waals surface area contributed by atoms with Gasteiger partial charge in [0.15, 0.2) is 0 Å². The van der Waals surface area contributed by atoms with E-state index in [4.69, 9.17) is 0 Å². The maximum atomic E-state index is 2.61. The van der Waals surface area contributed by atoms with Crippen molar-refractivity contribution in [2.75, 3.05) is 0 Å². The number of aryl methyl sites for hydroxylation is 6. The zero-order chi connectivity index (χ0) is 18.4. The fraction of sp³-hybridized carbons (Fsp3) is 0.455. The first-order chi connectivity index (χ1) is 10.9. The minimum atomic E-state index is -1.60. The molecule has 2 rings (SSSR count). The zero-order valence-electron chi connectivity index (χ0n) is 17.3. The molecule has 0 heterocycles. The van der Waals surface area contributed by atoms with Crippen LogP contribution in [0.15, 0.2) is 24.3 Å². The van der Waals surface area contributed by atoms with Gasteiger partial charge < -0.3 is 0 Å². The van der Waals surface area contributed by atoms with Crippen molar-refractivity contribution in [2.45, 2.75) is 67.7 Å². The first-order valence-electron chi connectivity index (χ1n) is 9.06. The summed E-state index contributed by atoms with van der Waals surface area (Å²) in [6.07, 6.45) is 0. The monoisotopic (exact) mass is 354 g/mol. The van der Waals surface area contributed by atoms with Crippen molar-refractivity contribution in [1.29, 1.82) is 0 Å². The van der Waals surface area contributed by atoms with E-state index in [0.29, 0.717) is 0 Å². The molecule has 0 radical (unpaired) electrons. The van der Waals surface area contributed by atoms with Gasteiger partial charge in [0.05, 0.1) is 15.2 Å². The van der Waals surface area contributed by atoms with E-state index in [1.807, 2.05) is 0 Å². The van der Waals surface area contributed by atoms with Gasteiger partial charge in [0, 0.05) is 0 Å². The van der Waals surface area contributed by atoms with Gasteiger partial charge in [-0.05, 0) is 41.5 Å². The van der Waals surface area contributed by atoms with Gasteiger partial charge >= 0.3 is 0 Å². The predicted octanol–water partition coefficient (Wildman–Crippen LogP) is 5.15. The Morgan fingerprint density at radius 2 is 0.667 bits per heavy atom. The van der Waals surface area contributed by atoms with Crippen molar-refractivity contribution < 1.29 is 0 Å². The van der Waals surface area contributed by atoms with Crippen molar-refractivity contribution in [3.63, 3.8) is 0 Å². The molecule has 0 aliphatic heterocycles. The molecule has 24 heavy (non-hydrogen) atoms. The smallest absolute Gasteiger partial charge is 0.0671 e. The van der Waals surface area contributed by atoms with Crippen LogP contribution in [0.3, 0.4) is 0 Å². The van der Waals surface area contributed by atoms with Crippen LogP contribution in [0.4, 0.5) is 0 Å². The van der Waals surface area contributed by atoms with E-state index >= 15 is 0 Å². The van der Waals surface area contributed by atoms with Gasteiger partial charge in [0.1, 0.15) is 0 Å². The fourth-order valence-electron chi connectivity index (χ4n) is 4.96. The molecule has 0 spiro atoms.